The lowest BCUT2D eigenvalue weighted by atomic mass is 10.0. The van der Waals surface area contributed by atoms with Crippen LogP contribution in [0.3, 0.4) is 0 Å². The molecule has 0 spiro atoms. The summed E-state index contributed by atoms with van der Waals surface area (Å²) in [6, 6.07) is 2.58. The van der Waals surface area contributed by atoms with Crippen LogP contribution in [0.4, 0.5) is 4.39 Å². The number of benzene rings is 1. The Morgan fingerprint density at radius 2 is 2.23 bits per heavy atom. The van der Waals surface area contributed by atoms with Gasteiger partial charge in [-0.15, -0.1) is 0 Å². The smallest absolute Gasteiger partial charge is 0.338 e. The average Bonchev–Trinajstić information content (AvgIpc) is 2.12. The topological polar surface area (TPSA) is 26.3 Å². The SMILES string of the molecule is O=C1OCCc2c1ccc(F)c2Cl. The molecule has 0 atom stereocenters. The van der Waals surface area contributed by atoms with E-state index in [1.165, 1.54) is 12.1 Å². The summed E-state index contributed by atoms with van der Waals surface area (Å²) in [5.41, 5.74) is 0.926. The fraction of sp³-hybridized carbons (Fsp3) is 0.222. The van der Waals surface area contributed by atoms with Gasteiger partial charge in [-0.1, -0.05) is 11.6 Å². The first-order valence-corrected chi connectivity index (χ1v) is 4.22. The van der Waals surface area contributed by atoms with Crippen LogP contribution in [0.1, 0.15) is 15.9 Å². The normalized spacial score (nSPS) is 15.1. The molecule has 13 heavy (non-hydrogen) atoms. The van der Waals surface area contributed by atoms with Crippen molar-refractivity contribution in [2.45, 2.75) is 6.42 Å². The third-order valence-corrected chi connectivity index (χ3v) is 2.41. The zero-order valence-electron chi connectivity index (χ0n) is 6.64. The van der Waals surface area contributed by atoms with Gasteiger partial charge in [-0.3, -0.25) is 0 Å². The number of carbonyl (C=O) groups excluding carboxylic acids is 1. The molecule has 0 amide bonds. The van der Waals surface area contributed by atoms with E-state index < -0.39 is 11.8 Å². The lowest BCUT2D eigenvalue weighted by Gasteiger charge is -2.16. The van der Waals surface area contributed by atoms with Crippen molar-refractivity contribution in [3.63, 3.8) is 0 Å². The molecular weight excluding hydrogens is 195 g/mol. The molecule has 1 aliphatic rings. The highest BCUT2D eigenvalue weighted by Gasteiger charge is 2.22. The number of hydrogen-bond acceptors (Lipinski definition) is 2. The Bertz CT molecular complexity index is 376. The van der Waals surface area contributed by atoms with E-state index in [0.717, 1.165) is 0 Å². The third kappa shape index (κ3) is 1.29. The summed E-state index contributed by atoms with van der Waals surface area (Å²) in [5.74, 6) is -0.918. The Balaban J connectivity index is 2.63. The predicted molar refractivity (Wildman–Crippen MR) is 45.4 cm³/mol. The molecule has 1 aliphatic heterocycles. The van der Waals surface area contributed by atoms with Gasteiger partial charge in [-0.25, -0.2) is 9.18 Å². The van der Waals surface area contributed by atoms with Gasteiger partial charge >= 0.3 is 5.97 Å². The molecular formula is C9H6ClFO2. The largest absolute Gasteiger partial charge is 0.462 e. The number of fused-ring (bicyclic) bond motifs is 1. The lowest BCUT2D eigenvalue weighted by Crippen LogP contribution is -2.18. The molecule has 0 unspecified atom stereocenters. The Hall–Kier alpha value is -1.09. The molecule has 0 saturated carbocycles. The van der Waals surface area contributed by atoms with Gasteiger partial charge in [0, 0.05) is 6.42 Å². The van der Waals surface area contributed by atoms with Gasteiger partial charge in [-0.05, 0) is 17.7 Å². The standard InChI is InChI=1S/C9H6ClFO2/c10-8-5-3-4-13-9(12)6(5)1-2-7(8)11/h1-2H,3-4H2. The number of hydrogen-bond donors (Lipinski definition) is 0. The summed E-state index contributed by atoms with van der Waals surface area (Å²) in [7, 11) is 0. The number of esters is 1. The van der Waals surface area contributed by atoms with Crippen LogP contribution in [0.25, 0.3) is 0 Å². The van der Waals surface area contributed by atoms with Crippen molar-refractivity contribution in [1.82, 2.24) is 0 Å². The number of rotatable bonds is 0. The van der Waals surface area contributed by atoms with Crippen molar-refractivity contribution in [2.24, 2.45) is 0 Å². The fourth-order valence-electron chi connectivity index (χ4n) is 1.35. The van der Waals surface area contributed by atoms with E-state index in [1.54, 1.807) is 0 Å². The second-order valence-electron chi connectivity index (χ2n) is 2.77. The Morgan fingerprint density at radius 3 is 3.00 bits per heavy atom. The monoisotopic (exact) mass is 200 g/mol. The summed E-state index contributed by atoms with van der Waals surface area (Å²) in [5, 5.41) is 0.0363. The highest BCUT2D eigenvalue weighted by molar-refractivity contribution is 6.32. The molecule has 4 heteroatoms. The van der Waals surface area contributed by atoms with Crippen LogP contribution in [-0.4, -0.2) is 12.6 Å². The maximum absolute atomic E-state index is 12.9. The van der Waals surface area contributed by atoms with Crippen molar-refractivity contribution in [1.29, 1.82) is 0 Å². The first kappa shape index (κ1) is 8.51. The van der Waals surface area contributed by atoms with Gasteiger partial charge in [0.15, 0.2) is 0 Å². The fourth-order valence-corrected chi connectivity index (χ4v) is 1.61. The van der Waals surface area contributed by atoms with E-state index in [4.69, 9.17) is 16.3 Å². The second kappa shape index (κ2) is 3.00. The first-order valence-electron chi connectivity index (χ1n) is 3.84. The van der Waals surface area contributed by atoms with Gasteiger partial charge < -0.3 is 4.74 Å². The minimum atomic E-state index is -0.491. The van der Waals surface area contributed by atoms with Crippen molar-refractivity contribution < 1.29 is 13.9 Å². The maximum atomic E-state index is 12.9. The predicted octanol–water partition coefficient (Wildman–Crippen LogP) is 2.19. The molecule has 68 valence electrons. The van der Waals surface area contributed by atoms with Gasteiger partial charge in [0.25, 0.3) is 0 Å². The Morgan fingerprint density at radius 1 is 1.46 bits per heavy atom. The lowest BCUT2D eigenvalue weighted by molar-refractivity contribution is 0.0480. The van der Waals surface area contributed by atoms with E-state index in [-0.39, 0.29) is 11.6 Å². The van der Waals surface area contributed by atoms with E-state index in [0.29, 0.717) is 17.5 Å². The van der Waals surface area contributed by atoms with Crippen LogP contribution >= 0.6 is 11.6 Å². The maximum Gasteiger partial charge on any atom is 0.338 e. The molecule has 0 radical (unpaired) electrons. The molecule has 0 bridgehead atoms. The van der Waals surface area contributed by atoms with Crippen LogP contribution < -0.4 is 0 Å². The van der Waals surface area contributed by atoms with Gasteiger partial charge in [-0.2, -0.15) is 0 Å². The van der Waals surface area contributed by atoms with Crippen molar-refractivity contribution >= 4 is 17.6 Å². The molecule has 1 heterocycles. The van der Waals surface area contributed by atoms with E-state index in [9.17, 15) is 9.18 Å². The van der Waals surface area contributed by atoms with E-state index in [1.807, 2.05) is 0 Å². The molecule has 2 rings (SSSR count). The summed E-state index contributed by atoms with van der Waals surface area (Å²) < 4.78 is 17.7. The Labute approximate surface area is 79.3 Å². The van der Waals surface area contributed by atoms with E-state index >= 15 is 0 Å². The van der Waals surface area contributed by atoms with Gasteiger partial charge in [0.2, 0.25) is 0 Å². The molecule has 2 nitrogen and oxygen atoms in total. The summed E-state index contributed by atoms with van der Waals surface area (Å²) >= 11 is 5.69. The highest BCUT2D eigenvalue weighted by Crippen LogP contribution is 2.27. The number of cyclic esters (lactones) is 1. The highest BCUT2D eigenvalue weighted by atomic mass is 35.5. The van der Waals surface area contributed by atoms with E-state index in [2.05, 4.69) is 0 Å². The van der Waals surface area contributed by atoms with Gasteiger partial charge in [0.1, 0.15) is 5.82 Å². The average molecular weight is 201 g/mol. The van der Waals surface area contributed by atoms with Crippen LogP contribution in [0.2, 0.25) is 5.02 Å². The van der Waals surface area contributed by atoms with Crippen molar-refractivity contribution in [3.8, 4) is 0 Å². The summed E-state index contributed by atoms with van der Waals surface area (Å²) in [6.45, 7) is 0.273. The molecule has 0 aliphatic carbocycles. The Kier molecular flexibility index (Phi) is 1.96. The summed E-state index contributed by atoms with van der Waals surface area (Å²) in [4.78, 5) is 11.1. The number of carbonyl (C=O) groups is 1. The van der Waals surface area contributed by atoms with Crippen LogP contribution in [0.15, 0.2) is 12.1 Å². The number of ether oxygens (including phenoxy) is 1. The third-order valence-electron chi connectivity index (χ3n) is 2.00. The van der Waals surface area contributed by atoms with Crippen LogP contribution in [-0.2, 0) is 11.2 Å². The molecule has 0 saturated heterocycles. The minimum absolute atomic E-state index is 0.0363. The molecule has 0 N–H and O–H groups in total. The van der Waals surface area contributed by atoms with Crippen LogP contribution in [0.5, 0.6) is 0 Å². The molecule has 1 aromatic rings. The zero-order valence-corrected chi connectivity index (χ0v) is 7.40. The summed E-state index contributed by atoms with van der Waals surface area (Å²) in [6.07, 6.45) is 0.484. The molecule has 1 aromatic carbocycles. The van der Waals surface area contributed by atoms with Crippen LogP contribution in [0, 0.1) is 5.82 Å². The van der Waals surface area contributed by atoms with Crippen molar-refractivity contribution in [3.05, 3.63) is 34.1 Å². The quantitative estimate of drug-likeness (QED) is 0.600. The zero-order chi connectivity index (χ0) is 9.42. The first-order chi connectivity index (χ1) is 6.20. The second-order valence-corrected chi connectivity index (χ2v) is 3.15. The number of halogens is 2. The van der Waals surface area contributed by atoms with Crippen molar-refractivity contribution in [2.75, 3.05) is 6.61 Å². The molecule has 0 fully saturated rings. The minimum Gasteiger partial charge on any atom is -0.462 e. The van der Waals surface area contributed by atoms with Gasteiger partial charge in [0.05, 0.1) is 17.2 Å². The molecule has 0 aromatic heterocycles.